The molecule has 0 spiro atoms. The number of aromatic hydroxyl groups is 1. The molecule has 0 aromatic heterocycles. The van der Waals surface area contributed by atoms with Gasteiger partial charge in [0.15, 0.2) is 0 Å². The Kier molecular flexibility index (Phi) is 1.93. The van der Waals surface area contributed by atoms with Crippen LogP contribution in [0.5, 0.6) is 17.2 Å². The molecule has 4 rings (SSSR count). The monoisotopic (exact) mass is 260 g/mol. The van der Waals surface area contributed by atoms with Crippen LogP contribution in [0.25, 0.3) is 0 Å². The summed E-state index contributed by atoms with van der Waals surface area (Å²) in [6.07, 6.45) is 3.27. The molecule has 0 amide bonds. The first kappa shape index (κ1) is 11.4. The summed E-state index contributed by atoms with van der Waals surface area (Å²) in [5.74, 6) is 2.91. The van der Waals surface area contributed by atoms with Crippen molar-refractivity contribution in [1.82, 2.24) is 0 Å². The van der Waals surface area contributed by atoms with Crippen molar-refractivity contribution in [2.24, 2.45) is 5.92 Å². The first-order valence-corrected chi connectivity index (χ1v) is 7.13. The second-order valence-electron chi connectivity index (χ2n) is 7.07. The van der Waals surface area contributed by atoms with Crippen LogP contribution in [0.15, 0.2) is 12.1 Å². The third-order valence-electron chi connectivity index (χ3n) is 5.20. The lowest BCUT2D eigenvalue weighted by Crippen LogP contribution is -2.53. The van der Waals surface area contributed by atoms with Gasteiger partial charge in [0.05, 0.1) is 0 Å². The van der Waals surface area contributed by atoms with E-state index in [0.29, 0.717) is 11.8 Å². The largest absolute Gasteiger partial charge is 0.508 e. The maximum Gasteiger partial charge on any atom is 0.131 e. The Balaban J connectivity index is 1.97. The summed E-state index contributed by atoms with van der Waals surface area (Å²) >= 11 is 0. The lowest BCUT2D eigenvalue weighted by molar-refractivity contribution is -0.0728. The molecule has 1 aromatic rings. The minimum absolute atomic E-state index is 0.0767. The van der Waals surface area contributed by atoms with Crippen LogP contribution >= 0.6 is 0 Å². The van der Waals surface area contributed by atoms with Gasteiger partial charge in [-0.1, -0.05) is 0 Å². The molecule has 3 nitrogen and oxygen atoms in total. The average molecular weight is 260 g/mol. The predicted octanol–water partition coefficient (Wildman–Crippen LogP) is 3.60. The van der Waals surface area contributed by atoms with Crippen molar-refractivity contribution in [3.63, 3.8) is 0 Å². The molecule has 2 aliphatic heterocycles. The highest BCUT2D eigenvalue weighted by molar-refractivity contribution is 5.55. The Labute approximate surface area is 113 Å². The molecule has 1 saturated carbocycles. The van der Waals surface area contributed by atoms with Gasteiger partial charge in [-0.25, -0.2) is 0 Å². The SMILES string of the molecule is CC1(C)Oc2cc(O)cc3c2[C@@H]2C[C@@](C)(CCC21)O3. The van der Waals surface area contributed by atoms with Crippen molar-refractivity contribution in [2.45, 2.75) is 57.2 Å². The van der Waals surface area contributed by atoms with Crippen LogP contribution in [0.1, 0.15) is 51.5 Å². The fourth-order valence-electron chi connectivity index (χ4n) is 4.35. The van der Waals surface area contributed by atoms with Gasteiger partial charge in [-0.2, -0.15) is 0 Å². The van der Waals surface area contributed by atoms with E-state index in [1.807, 2.05) is 0 Å². The number of phenolic OH excluding ortho intramolecular Hbond substituents is 1. The van der Waals surface area contributed by atoms with Gasteiger partial charge < -0.3 is 14.6 Å². The molecule has 1 aromatic carbocycles. The molecule has 1 unspecified atom stereocenters. The molecule has 3 atom stereocenters. The summed E-state index contributed by atoms with van der Waals surface area (Å²) in [5.41, 5.74) is 0.938. The van der Waals surface area contributed by atoms with Crippen molar-refractivity contribution >= 4 is 0 Å². The third kappa shape index (κ3) is 1.44. The molecule has 3 heteroatoms. The number of ether oxygens (including phenoxy) is 2. The fourth-order valence-corrected chi connectivity index (χ4v) is 4.35. The number of hydrogen-bond donors (Lipinski definition) is 1. The molecule has 19 heavy (non-hydrogen) atoms. The normalized spacial score (nSPS) is 37.2. The minimum Gasteiger partial charge on any atom is -0.508 e. The van der Waals surface area contributed by atoms with E-state index in [9.17, 15) is 5.11 Å². The molecule has 1 fully saturated rings. The number of fused-ring (bicyclic) bond motifs is 1. The number of rotatable bonds is 0. The number of benzene rings is 1. The van der Waals surface area contributed by atoms with Crippen molar-refractivity contribution in [3.8, 4) is 17.2 Å². The highest BCUT2D eigenvalue weighted by Gasteiger charge is 2.54. The second-order valence-corrected chi connectivity index (χ2v) is 7.07. The molecule has 102 valence electrons. The zero-order chi connectivity index (χ0) is 13.4. The zero-order valence-corrected chi connectivity index (χ0v) is 11.7. The molecule has 2 heterocycles. The highest BCUT2D eigenvalue weighted by atomic mass is 16.5. The highest BCUT2D eigenvalue weighted by Crippen LogP contribution is 2.60. The van der Waals surface area contributed by atoms with E-state index in [4.69, 9.17) is 9.47 Å². The van der Waals surface area contributed by atoms with Crippen molar-refractivity contribution in [1.29, 1.82) is 0 Å². The summed E-state index contributed by atoms with van der Waals surface area (Å²) < 4.78 is 12.3. The van der Waals surface area contributed by atoms with Gasteiger partial charge in [0, 0.05) is 29.5 Å². The summed E-state index contributed by atoms with van der Waals surface area (Å²) in [6, 6.07) is 3.48. The van der Waals surface area contributed by atoms with Crippen LogP contribution in [0.3, 0.4) is 0 Å². The molecule has 1 N–H and O–H groups in total. The molecule has 0 radical (unpaired) electrons. The summed E-state index contributed by atoms with van der Waals surface area (Å²) in [5, 5.41) is 9.87. The molecule has 0 saturated heterocycles. The molecule has 2 bridgehead atoms. The van der Waals surface area contributed by atoms with E-state index < -0.39 is 0 Å². The third-order valence-corrected chi connectivity index (χ3v) is 5.20. The first-order valence-electron chi connectivity index (χ1n) is 7.13. The van der Waals surface area contributed by atoms with Gasteiger partial charge in [0.1, 0.15) is 28.5 Å². The van der Waals surface area contributed by atoms with Gasteiger partial charge in [0.25, 0.3) is 0 Å². The van der Waals surface area contributed by atoms with Crippen LogP contribution in [0, 0.1) is 5.92 Å². The van der Waals surface area contributed by atoms with Crippen LogP contribution in [-0.2, 0) is 0 Å². The van der Waals surface area contributed by atoms with Crippen LogP contribution in [-0.4, -0.2) is 16.3 Å². The summed E-state index contributed by atoms with van der Waals surface area (Å²) in [7, 11) is 0. The Hall–Kier alpha value is -1.38. The van der Waals surface area contributed by atoms with Gasteiger partial charge in [-0.05, 0) is 40.0 Å². The maximum absolute atomic E-state index is 9.87. The quantitative estimate of drug-likeness (QED) is 0.774. The standard InChI is InChI=1S/C16H20O3/c1-15(2)11-4-5-16(3)8-10(11)14-12(18-15)6-9(17)7-13(14)19-16/h6-7,10-11,17H,4-5,8H2,1-3H3/t10-,11?,16-/m1/s1. The van der Waals surface area contributed by atoms with E-state index in [0.717, 1.165) is 30.8 Å². The Morgan fingerprint density at radius 2 is 1.84 bits per heavy atom. The molecular formula is C16H20O3. The fraction of sp³-hybridized carbons (Fsp3) is 0.625. The van der Waals surface area contributed by atoms with Crippen LogP contribution in [0.2, 0.25) is 0 Å². The van der Waals surface area contributed by atoms with Gasteiger partial charge in [0.2, 0.25) is 0 Å². The van der Waals surface area contributed by atoms with Gasteiger partial charge >= 0.3 is 0 Å². The Morgan fingerprint density at radius 1 is 1.16 bits per heavy atom. The second kappa shape index (κ2) is 3.20. The average Bonchev–Trinajstić information content (AvgIpc) is 2.24. The van der Waals surface area contributed by atoms with E-state index in [2.05, 4.69) is 20.8 Å². The molecular weight excluding hydrogens is 240 g/mol. The van der Waals surface area contributed by atoms with E-state index in [1.165, 1.54) is 5.56 Å². The summed E-state index contributed by atoms with van der Waals surface area (Å²) in [4.78, 5) is 0. The van der Waals surface area contributed by atoms with E-state index >= 15 is 0 Å². The Bertz CT molecular complexity index is 546. The lowest BCUT2D eigenvalue weighted by Gasteiger charge is -2.54. The van der Waals surface area contributed by atoms with Crippen molar-refractivity contribution < 1.29 is 14.6 Å². The smallest absolute Gasteiger partial charge is 0.131 e. The minimum atomic E-state index is -0.165. The predicted molar refractivity (Wildman–Crippen MR) is 71.9 cm³/mol. The number of hydrogen-bond acceptors (Lipinski definition) is 3. The topological polar surface area (TPSA) is 38.7 Å². The first-order chi connectivity index (χ1) is 8.88. The van der Waals surface area contributed by atoms with Gasteiger partial charge in [-0.3, -0.25) is 0 Å². The Morgan fingerprint density at radius 3 is 2.58 bits per heavy atom. The van der Waals surface area contributed by atoms with Crippen LogP contribution < -0.4 is 9.47 Å². The van der Waals surface area contributed by atoms with E-state index in [1.54, 1.807) is 12.1 Å². The zero-order valence-electron chi connectivity index (χ0n) is 11.7. The lowest BCUT2D eigenvalue weighted by atomic mass is 9.61. The van der Waals surface area contributed by atoms with Crippen molar-refractivity contribution in [2.75, 3.05) is 0 Å². The van der Waals surface area contributed by atoms with Crippen LogP contribution in [0.4, 0.5) is 0 Å². The maximum atomic E-state index is 9.87. The van der Waals surface area contributed by atoms with E-state index in [-0.39, 0.29) is 17.0 Å². The van der Waals surface area contributed by atoms with Gasteiger partial charge in [-0.15, -0.1) is 0 Å². The van der Waals surface area contributed by atoms with Crippen molar-refractivity contribution in [3.05, 3.63) is 17.7 Å². The molecule has 1 aliphatic carbocycles. The number of phenols is 1. The summed E-state index contributed by atoms with van der Waals surface area (Å²) in [6.45, 7) is 6.53. The molecule has 3 aliphatic rings.